The quantitative estimate of drug-likeness (QED) is 0.862. The number of benzene rings is 1. The number of amides is 1. The van der Waals surface area contributed by atoms with Crippen LogP contribution in [-0.2, 0) is 4.79 Å². The molecule has 0 saturated heterocycles. The number of carboxylic acids is 1. The van der Waals surface area contributed by atoms with E-state index in [9.17, 15) is 14.0 Å². The first-order valence-corrected chi connectivity index (χ1v) is 5.62. The average molecular weight is 253 g/mol. The van der Waals surface area contributed by atoms with Crippen molar-refractivity contribution in [3.05, 3.63) is 35.1 Å². The second kappa shape index (κ2) is 5.62. The summed E-state index contributed by atoms with van der Waals surface area (Å²) in [6, 6.07) is 3.47. The molecule has 0 radical (unpaired) electrons. The second-order valence-corrected chi connectivity index (χ2v) is 4.41. The van der Waals surface area contributed by atoms with Crippen LogP contribution in [0.15, 0.2) is 18.2 Å². The Hall–Kier alpha value is -1.91. The Morgan fingerprint density at radius 3 is 2.39 bits per heavy atom. The molecule has 18 heavy (non-hydrogen) atoms. The number of halogens is 1. The number of rotatable bonds is 4. The number of hydrogen-bond donors (Lipinski definition) is 2. The molecule has 4 nitrogen and oxygen atoms in total. The lowest BCUT2D eigenvalue weighted by atomic mass is 10.0. The zero-order valence-corrected chi connectivity index (χ0v) is 10.5. The third-order valence-electron chi connectivity index (χ3n) is 2.80. The normalized spacial score (nSPS) is 13.8. The van der Waals surface area contributed by atoms with Crippen LogP contribution in [0.5, 0.6) is 0 Å². The van der Waals surface area contributed by atoms with Crippen LogP contribution >= 0.6 is 0 Å². The second-order valence-electron chi connectivity index (χ2n) is 4.41. The molecule has 0 aliphatic heterocycles. The van der Waals surface area contributed by atoms with Gasteiger partial charge in [-0.05, 0) is 44.5 Å². The van der Waals surface area contributed by atoms with Crippen LogP contribution in [0, 0.1) is 18.7 Å². The summed E-state index contributed by atoms with van der Waals surface area (Å²) < 4.78 is 13.1. The molecule has 0 bridgehead atoms. The average Bonchev–Trinajstić information content (AvgIpc) is 2.26. The van der Waals surface area contributed by atoms with Crippen LogP contribution in [0.3, 0.4) is 0 Å². The van der Waals surface area contributed by atoms with E-state index in [1.807, 2.05) is 0 Å². The molecule has 1 amide bonds. The third-order valence-corrected chi connectivity index (χ3v) is 2.80. The molecule has 1 aromatic rings. The fourth-order valence-electron chi connectivity index (χ4n) is 1.50. The lowest BCUT2D eigenvalue weighted by molar-refractivity contribution is -0.141. The molecule has 5 heteroatoms. The Bertz CT molecular complexity index is 453. The molecule has 0 fully saturated rings. The minimum atomic E-state index is -0.988. The van der Waals surface area contributed by atoms with E-state index in [-0.39, 0.29) is 5.56 Å². The van der Waals surface area contributed by atoms with E-state index in [4.69, 9.17) is 5.11 Å². The van der Waals surface area contributed by atoms with E-state index in [0.29, 0.717) is 5.56 Å². The highest BCUT2D eigenvalue weighted by Gasteiger charge is 2.21. The van der Waals surface area contributed by atoms with Gasteiger partial charge in [0.25, 0.3) is 5.91 Å². The van der Waals surface area contributed by atoms with Crippen molar-refractivity contribution in [3.63, 3.8) is 0 Å². The number of carbonyl (C=O) groups excluding carboxylic acids is 1. The van der Waals surface area contributed by atoms with Crippen LogP contribution in [-0.4, -0.2) is 23.0 Å². The Labute approximate surface area is 105 Å². The summed E-state index contributed by atoms with van der Waals surface area (Å²) >= 11 is 0. The SMILES string of the molecule is Cc1cc(F)cc(C(=O)NC(C)C(C)C(=O)O)c1. The van der Waals surface area contributed by atoms with E-state index in [0.717, 1.165) is 6.07 Å². The van der Waals surface area contributed by atoms with Gasteiger partial charge >= 0.3 is 5.97 Å². The third kappa shape index (κ3) is 3.55. The summed E-state index contributed by atoms with van der Waals surface area (Å²) in [6.07, 6.45) is 0. The van der Waals surface area contributed by atoms with Gasteiger partial charge in [-0.25, -0.2) is 4.39 Å². The highest BCUT2D eigenvalue weighted by Crippen LogP contribution is 2.10. The smallest absolute Gasteiger partial charge is 0.308 e. The molecule has 1 rings (SSSR count). The maximum absolute atomic E-state index is 13.1. The minimum absolute atomic E-state index is 0.192. The van der Waals surface area contributed by atoms with Gasteiger partial charge in [-0.15, -0.1) is 0 Å². The van der Waals surface area contributed by atoms with E-state index in [2.05, 4.69) is 5.32 Å². The van der Waals surface area contributed by atoms with Crippen LogP contribution in [0.4, 0.5) is 4.39 Å². The van der Waals surface area contributed by atoms with Gasteiger partial charge in [-0.2, -0.15) is 0 Å². The number of carboxylic acid groups (broad SMARTS) is 1. The van der Waals surface area contributed by atoms with Gasteiger partial charge in [0.2, 0.25) is 0 Å². The number of nitrogens with one attached hydrogen (secondary N) is 1. The fourth-order valence-corrected chi connectivity index (χ4v) is 1.50. The fraction of sp³-hybridized carbons (Fsp3) is 0.385. The summed E-state index contributed by atoms with van der Waals surface area (Å²) in [5, 5.41) is 11.4. The van der Waals surface area contributed by atoms with Crippen molar-refractivity contribution in [2.75, 3.05) is 0 Å². The van der Waals surface area contributed by atoms with Crippen molar-refractivity contribution < 1.29 is 19.1 Å². The van der Waals surface area contributed by atoms with E-state index < -0.39 is 29.7 Å². The van der Waals surface area contributed by atoms with Crippen molar-refractivity contribution >= 4 is 11.9 Å². The van der Waals surface area contributed by atoms with E-state index in [1.165, 1.54) is 13.0 Å². The predicted octanol–water partition coefficient (Wildman–Crippen LogP) is 1.97. The molecule has 0 saturated carbocycles. The molecule has 0 aliphatic rings. The first-order valence-electron chi connectivity index (χ1n) is 5.62. The Kier molecular flexibility index (Phi) is 4.42. The molecule has 2 atom stereocenters. The Balaban J connectivity index is 2.79. The van der Waals surface area contributed by atoms with E-state index >= 15 is 0 Å². The van der Waals surface area contributed by atoms with Gasteiger partial charge in [0.05, 0.1) is 5.92 Å². The zero-order chi connectivity index (χ0) is 13.9. The Morgan fingerprint density at radius 1 is 1.28 bits per heavy atom. The molecule has 0 spiro atoms. The van der Waals surface area contributed by atoms with Gasteiger partial charge in [0.15, 0.2) is 0 Å². The molecule has 98 valence electrons. The lowest BCUT2D eigenvalue weighted by Crippen LogP contribution is -2.40. The van der Waals surface area contributed by atoms with E-state index in [1.54, 1.807) is 19.9 Å². The van der Waals surface area contributed by atoms with Gasteiger partial charge < -0.3 is 10.4 Å². The molecule has 2 unspecified atom stereocenters. The molecule has 2 N–H and O–H groups in total. The van der Waals surface area contributed by atoms with Crippen LogP contribution in [0.2, 0.25) is 0 Å². The number of hydrogen-bond acceptors (Lipinski definition) is 2. The first kappa shape index (κ1) is 14.2. The highest BCUT2D eigenvalue weighted by molar-refractivity contribution is 5.94. The lowest BCUT2D eigenvalue weighted by Gasteiger charge is -2.17. The number of carbonyl (C=O) groups is 2. The number of aliphatic carboxylic acids is 1. The van der Waals surface area contributed by atoms with Crippen LogP contribution in [0.25, 0.3) is 0 Å². The van der Waals surface area contributed by atoms with Crippen molar-refractivity contribution in [1.82, 2.24) is 5.32 Å². The summed E-state index contributed by atoms with van der Waals surface area (Å²) in [4.78, 5) is 22.6. The molecule has 0 heterocycles. The largest absolute Gasteiger partial charge is 0.481 e. The van der Waals surface area contributed by atoms with Crippen LogP contribution in [0.1, 0.15) is 29.8 Å². The summed E-state index contributed by atoms with van der Waals surface area (Å²) in [6.45, 7) is 4.79. The van der Waals surface area contributed by atoms with Crippen molar-refractivity contribution in [3.8, 4) is 0 Å². The molecule has 1 aromatic carbocycles. The van der Waals surface area contributed by atoms with Crippen molar-refractivity contribution in [2.45, 2.75) is 26.8 Å². The van der Waals surface area contributed by atoms with Gasteiger partial charge in [0.1, 0.15) is 5.82 Å². The molecule has 0 aromatic heterocycles. The zero-order valence-electron chi connectivity index (χ0n) is 10.5. The highest BCUT2D eigenvalue weighted by atomic mass is 19.1. The van der Waals surface area contributed by atoms with Gasteiger partial charge in [-0.1, -0.05) is 0 Å². The van der Waals surface area contributed by atoms with Crippen molar-refractivity contribution in [2.24, 2.45) is 5.92 Å². The molecule has 0 aliphatic carbocycles. The van der Waals surface area contributed by atoms with Crippen LogP contribution < -0.4 is 5.32 Å². The summed E-state index contributed by atoms with van der Waals surface area (Å²) in [7, 11) is 0. The predicted molar refractivity (Wildman–Crippen MR) is 64.9 cm³/mol. The topological polar surface area (TPSA) is 66.4 Å². The summed E-state index contributed by atoms with van der Waals surface area (Å²) in [5.74, 6) is -2.65. The minimum Gasteiger partial charge on any atom is -0.481 e. The summed E-state index contributed by atoms with van der Waals surface area (Å²) in [5.41, 5.74) is 0.830. The standard InChI is InChI=1S/C13H16FNO3/c1-7-4-10(6-11(14)5-7)12(16)15-9(3)8(2)13(17)18/h4-6,8-9H,1-3H3,(H,15,16)(H,17,18). The van der Waals surface area contributed by atoms with Crippen molar-refractivity contribution in [1.29, 1.82) is 0 Å². The Morgan fingerprint density at radius 2 is 1.89 bits per heavy atom. The monoisotopic (exact) mass is 253 g/mol. The maximum atomic E-state index is 13.1. The van der Waals surface area contributed by atoms with Gasteiger partial charge in [-0.3, -0.25) is 9.59 Å². The number of aryl methyl sites for hydroxylation is 1. The molecular weight excluding hydrogens is 237 g/mol. The maximum Gasteiger partial charge on any atom is 0.308 e. The molecular formula is C13H16FNO3. The first-order chi connectivity index (χ1) is 8.31. The van der Waals surface area contributed by atoms with Gasteiger partial charge in [0, 0.05) is 11.6 Å².